The average Bonchev–Trinajstić information content (AvgIpc) is 2.46. The van der Waals surface area contributed by atoms with Crippen molar-refractivity contribution in [2.24, 2.45) is 0 Å². The van der Waals surface area contributed by atoms with E-state index in [2.05, 4.69) is 32.4 Å². The highest BCUT2D eigenvalue weighted by Crippen LogP contribution is 2.08. The zero-order valence-corrected chi connectivity index (χ0v) is 11.6. The molecule has 1 aromatic heterocycles. The number of hydrogen-bond donors (Lipinski definition) is 2. The lowest BCUT2D eigenvalue weighted by Crippen LogP contribution is -2.37. The molecule has 0 unspecified atom stereocenters. The lowest BCUT2D eigenvalue weighted by Gasteiger charge is -2.26. The number of nitrogens with one attached hydrogen (secondary N) is 2. The molecule has 0 atom stereocenters. The van der Waals surface area contributed by atoms with Crippen molar-refractivity contribution < 1.29 is 4.74 Å². The van der Waals surface area contributed by atoms with Gasteiger partial charge in [0.1, 0.15) is 18.0 Å². The maximum Gasteiger partial charge on any atom is 0.131 e. The fourth-order valence-corrected chi connectivity index (χ4v) is 2.08. The molecule has 1 aliphatic heterocycles. The van der Waals surface area contributed by atoms with Crippen molar-refractivity contribution in [3.05, 3.63) is 12.4 Å². The summed E-state index contributed by atoms with van der Waals surface area (Å²) >= 11 is 0. The third-order valence-electron chi connectivity index (χ3n) is 3.09. The quantitative estimate of drug-likeness (QED) is 0.718. The first-order valence-electron chi connectivity index (χ1n) is 6.98. The predicted molar refractivity (Wildman–Crippen MR) is 76.6 cm³/mol. The van der Waals surface area contributed by atoms with Crippen LogP contribution in [-0.4, -0.2) is 60.8 Å². The van der Waals surface area contributed by atoms with E-state index in [9.17, 15) is 0 Å². The van der Waals surface area contributed by atoms with Gasteiger partial charge in [-0.05, 0) is 19.9 Å². The van der Waals surface area contributed by atoms with Crippen LogP contribution in [0.25, 0.3) is 0 Å². The van der Waals surface area contributed by atoms with E-state index in [1.54, 1.807) is 6.33 Å². The largest absolute Gasteiger partial charge is 0.379 e. The summed E-state index contributed by atoms with van der Waals surface area (Å²) in [6.07, 6.45) is 2.70. The fourth-order valence-electron chi connectivity index (χ4n) is 2.08. The van der Waals surface area contributed by atoms with E-state index in [1.165, 1.54) is 0 Å². The third kappa shape index (κ3) is 5.00. The maximum atomic E-state index is 5.33. The molecule has 2 rings (SSSR count). The molecule has 0 saturated carbocycles. The molecule has 19 heavy (non-hydrogen) atoms. The topological polar surface area (TPSA) is 62.3 Å². The Bertz CT molecular complexity index is 368. The second-order valence-electron chi connectivity index (χ2n) is 4.55. The standard InChI is InChI=1S/C13H23N5O/c1-2-14-12-10-13(17-11-16-12)15-4-3-5-18-6-8-19-9-7-18/h10-11H,2-9H2,1H3,(H2,14,15,16,17). The lowest BCUT2D eigenvalue weighted by molar-refractivity contribution is 0.0378. The van der Waals surface area contributed by atoms with Crippen molar-refractivity contribution in [1.82, 2.24) is 14.9 Å². The Kier molecular flexibility index (Phi) is 5.84. The molecule has 2 heterocycles. The summed E-state index contributed by atoms with van der Waals surface area (Å²) < 4.78 is 5.33. The summed E-state index contributed by atoms with van der Waals surface area (Å²) in [5.41, 5.74) is 0. The van der Waals surface area contributed by atoms with Crippen LogP contribution in [0.1, 0.15) is 13.3 Å². The van der Waals surface area contributed by atoms with Crippen molar-refractivity contribution in [1.29, 1.82) is 0 Å². The van der Waals surface area contributed by atoms with E-state index >= 15 is 0 Å². The smallest absolute Gasteiger partial charge is 0.131 e. The van der Waals surface area contributed by atoms with Crippen molar-refractivity contribution in [3.63, 3.8) is 0 Å². The molecular weight excluding hydrogens is 242 g/mol. The first-order chi connectivity index (χ1) is 9.38. The highest BCUT2D eigenvalue weighted by Gasteiger charge is 2.09. The number of ether oxygens (including phenoxy) is 1. The number of aromatic nitrogens is 2. The van der Waals surface area contributed by atoms with Crippen LogP contribution in [0, 0.1) is 0 Å². The highest BCUT2D eigenvalue weighted by atomic mass is 16.5. The van der Waals surface area contributed by atoms with Gasteiger partial charge in [0.25, 0.3) is 0 Å². The summed E-state index contributed by atoms with van der Waals surface area (Å²) in [4.78, 5) is 10.8. The summed E-state index contributed by atoms with van der Waals surface area (Å²) in [7, 11) is 0. The van der Waals surface area contributed by atoms with Crippen molar-refractivity contribution >= 4 is 11.6 Å². The van der Waals surface area contributed by atoms with Crippen molar-refractivity contribution in [3.8, 4) is 0 Å². The first-order valence-corrected chi connectivity index (χ1v) is 6.98. The minimum atomic E-state index is 0.866. The SMILES string of the molecule is CCNc1cc(NCCCN2CCOCC2)ncn1. The van der Waals surface area contributed by atoms with Gasteiger partial charge in [0, 0.05) is 32.2 Å². The molecule has 6 heteroatoms. The molecule has 0 aromatic carbocycles. The van der Waals surface area contributed by atoms with Gasteiger partial charge in [0.05, 0.1) is 13.2 Å². The van der Waals surface area contributed by atoms with Gasteiger partial charge in [-0.25, -0.2) is 9.97 Å². The average molecular weight is 265 g/mol. The predicted octanol–water partition coefficient (Wildman–Crippen LogP) is 1.04. The second kappa shape index (κ2) is 7.91. The van der Waals surface area contributed by atoms with Gasteiger partial charge in [-0.15, -0.1) is 0 Å². The molecule has 0 aliphatic carbocycles. The Morgan fingerprint density at radius 3 is 2.68 bits per heavy atom. The van der Waals surface area contributed by atoms with Crippen molar-refractivity contribution in [2.45, 2.75) is 13.3 Å². The lowest BCUT2D eigenvalue weighted by atomic mass is 10.3. The van der Waals surface area contributed by atoms with Gasteiger partial charge in [-0.2, -0.15) is 0 Å². The summed E-state index contributed by atoms with van der Waals surface area (Å²) in [6.45, 7) is 8.80. The van der Waals surface area contributed by atoms with Gasteiger partial charge < -0.3 is 15.4 Å². The van der Waals surface area contributed by atoms with Gasteiger partial charge in [-0.3, -0.25) is 4.90 Å². The summed E-state index contributed by atoms with van der Waals surface area (Å²) in [6, 6.07) is 1.94. The molecular formula is C13H23N5O. The first kappa shape index (κ1) is 14.0. The van der Waals surface area contributed by atoms with Gasteiger partial charge >= 0.3 is 0 Å². The number of rotatable bonds is 7. The van der Waals surface area contributed by atoms with Crippen LogP contribution in [-0.2, 0) is 4.74 Å². The van der Waals surface area contributed by atoms with E-state index in [0.29, 0.717) is 0 Å². The van der Waals surface area contributed by atoms with Crippen LogP contribution >= 0.6 is 0 Å². The van der Waals surface area contributed by atoms with Crippen LogP contribution in [0.15, 0.2) is 12.4 Å². The Morgan fingerprint density at radius 2 is 1.95 bits per heavy atom. The summed E-state index contributed by atoms with van der Waals surface area (Å²) in [5.74, 6) is 1.75. The zero-order chi connectivity index (χ0) is 13.3. The van der Waals surface area contributed by atoms with Crippen LogP contribution in [0.2, 0.25) is 0 Å². The molecule has 1 aliphatic rings. The normalized spacial score (nSPS) is 16.3. The molecule has 0 radical (unpaired) electrons. The molecule has 0 amide bonds. The minimum absolute atomic E-state index is 0.866. The Hall–Kier alpha value is -1.40. The Morgan fingerprint density at radius 1 is 1.21 bits per heavy atom. The number of nitrogens with zero attached hydrogens (tertiary/aromatic N) is 3. The molecule has 106 valence electrons. The van der Waals surface area contributed by atoms with Gasteiger partial charge in [0.2, 0.25) is 0 Å². The Balaban J connectivity index is 1.65. The van der Waals surface area contributed by atoms with E-state index in [4.69, 9.17) is 4.74 Å². The number of anilines is 2. The molecule has 1 aromatic rings. The van der Waals surface area contributed by atoms with Crippen LogP contribution in [0.4, 0.5) is 11.6 Å². The van der Waals surface area contributed by atoms with E-state index in [-0.39, 0.29) is 0 Å². The molecule has 0 bridgehead atoms. The molecule has 2 N–H and O–H groups in total. The highest BCUT2D eigenvalue weighted by molar-refractivity contribution is 5.46. The minimum Gasteiger partial charge on any atom is -0.379 e. The second-order valence-corrected chi connectivity index (χ2v) is 4.55. The van der Waals surface area contributed by atoms with Gasteiger partial charge in [-0.1, -0.05) is 0 Å². The Labute approximate surface area is 114 Å². The fraction of sp³-hybridized carbons (Fsp3) is 0.692. The van der Waals surface area contributed by atoms with Gasteiger partial charge in [0.15, 0.2) is 0 Å². The third-order valence-corrected chi connectivity index (χ3v) is 3.09. The molecule has 6 nitrogen and oxygen atoms in total. The monoisotopic (exact) mass is 265 g/mol. The van der Waals surface area contributed by atoms with Crippen molar-refractivity contribution in [2.75, 3.05) is 56.6 Å². The van der Waals surface area contributed by atoms with Crippen LogP contribution < -0.4 is 10.6 Å². The number of hydrogen-bond acceptors (Lipinski definition) is 6. The van der Waals surface area contributed by atoms with E-state index < -0.39 is 0 Å². The molecule has 1 fully saturated rings. The van der Waals surface area contributed by atoms with E-state index in [1.807, 2.05) is 6.07 Å². The molecule has 0 spiro atoms. The van der Waals surface area contributed by atoms with E-state index in [0.717, 1.165) is 64.0 Å². The molecule has 1 saturated heterocycles. The zero-order valence-electron chi connectivity index (χ0n) is 11.6. The maximum absolute atomic E-state index is 5.33. The van der Waals surface area contributed by atoms with Crippen LogP contribution in [0.5, 0.6) is 0 Å². The van der Waals surface area contributed by atoms with Crippen LogP contribution in [0.3, 0.4) is 0 Å². The number of morpholine rings is 1. The summed E-state index contributed by atoms with van der Waals surface area (Å²) in [5, 5.41) is 6.51.